The van der Waals surface area contributed by atoms with Crippen LogP contribution in [0.1, 0.15) is 22.2 Å². The molecule has 3 rings (SSSR count). The first-order valence-electron chi connectivity index (χ1n) is 10.2. The molecule has 0 saturated carbocycles. The van der Waals surface area contributed by atoms with Crippen LogP contribution in [0.2, 0.25) is 5.02 Å². The number of carbonyl (C=O) groups excluding carboxylic acids is 1. The van der Waals surface area contributed by atoms with Gasteiger partial charge in [-0.1, -0.05) is 11.6 Å². The average Bonchev–Trinajstić information content (AvgIpc) is 2.86. The Morgan fingerprint density at radius 1 is 1.09 bits per heavy atom. The third-order valence-electron chi connectivity index (χ3n) is 4.83. The van der Waals surface area contributed by atoms with Crippen LogP contribution in [0.25, 0.3) is 11.3 Å². The van der Waals surface area contributed by atoms with Crippen LogP contribution in [0.15, 0.2) is 48.5 Å². The molecule has 0 saturated heterocycles. The van der Waals surface area contributed by atoms with E-state index in [9.17, 15) is 13.6 Å². The van der Waals surface area contributed by atoms with Gasteiger partial charge >= 0.3 is 0 Å². The van der Waals surface area contributed by atoms with Crippen LogP contribution < -0.4 is 19.5 Å². The minimum atomic E-state index is -1.63. The fourth-order valence-corrected chi connectivity index (χ4v) is 3.30. The molecule has 0 fully saturated rings. The Morgan fingerprint density at radius 3 is 2.50 bits per heavy atom. The normalized spacial score (nSPS) is 11.6. The molecule has 10 heteroatoms. The van der Waals surface area contributed by atoms with Crippen LogP contribution in [0.3, 0.4) is 0 Å². The number of ether oxygens (including phenoxy) is 3. The number of amides is 1. The maximum Gasteiger partial charge on any atom is 0.251 e. The van der Waals surface area contributed by atoms with E-state index in [0.29, 0.717) is 28.5 Å². The zero-order chi connectivity index (χ0) is 24.7. The van der Waals surface area contributed by atoms with Gasteiger partial charge in [-0.15, -0.1) is 0 Å². The summed E-state index contributed by atoms with van der Waals surface area (Å²) in [6.07, 6.45) is -1.63. The summed E-state index contributed by atoms with van der Waals surface area (Å²) in [4.78, 5) is 16.8. The van der Waals surface area contributed by atoms with Crippen molar-refractivity contribution in [3.63, 3.8) is 0 Å². The van der Waals surface area contributed by atoms with Crippen molar-refractivity contribution in [1.82, 2.24) is 10.3 Å². The van der Waals surface area contributed by atoms with Crippen molar-refractivity contribution in [3.05, 3.63) is 70.6 Å². The molecule has 1 unspecified atom stereocenters. The second kappa shape index (κ2) is 11.6. The lowest BCUT2D eigenvalue weighted by Gasteiger charge is -2.14. The van der Waals surface area contributed by atoms with Gasteiger partial charge in [-0.05, 0) is 48.5 Å². The zero-order valence-electron chi connectivity index (χ0n) is 18.5. The van der Waals surface area contributed by atoms with Gasteiger partial charge in [0.05, 0.1) is 38.1 Å². The standard InChI is InChI=1S/C24H23ClF2N2O5/c1-32-21-8-6-19(29-23(21)14-3-5-17(26)16(25)11-14)18(27)13-28-24(31)15-4-7-20(34-10-9-30)22(12-15)33-2/h3-8,11-12,18,30H,9-10,13H2,1-2H3,(H,28,31). The molecule has 2 aromatic carbocycles. The third kappa shape index (κ3) is 5.92. The molecule has 0 aliphatic heterocycles. The van der Waals surface area contributed by atoms with Crippen molar-refractivity contribution in [1.29, 1.82) is 0 Å². The summed E-state index contributed by atoms with van der Waals surface area (Å²) >= 11 is 5.87. The molecule has 180 valence electrons. The highest BCUT2D eigenvalue weighted by Gasteiger charge is 2.19. The van der Waals surface area contributed by atoms with Gasteiger partial charge in [0.25, 0.3) is 5.91 Å². The van der Waals surface area contributed by atoms with Crippen molar-refractivity contribution < 1.29 is 32.9 Å². The van der Waals surface area contributed by atoms with Gasteiger partial charge in [-0.3, -0.25) is 4.79 Å². The summed E-state index contributed by atoms with van der Waals surface area (Å²) in [6, 6.07) is 11.5. The number of carbonyl (C=O) groups is 1. The summed E-state index contributed by atoms with van der Waals surface area (Å²) in [6.45, 7) is -0.433. The molecule has 0 bridgehead atoms. The van der Waals surface area contributed by atoms with E-state index in [0.717, 1.165) is 0 Å². The van der Waals surface area contributed by atoms with Crippen molar-refractivity contribution in [3.8, 4) is 28.5 Å². The Morgan fingerprint density at radius 2 is 1.82 bits per heavy atom. The lowest BCUT2D eigenvalue weighted by Crippen LogP contribution is -2.27. The number of halogens is 3. The van der Waals surface area contributed by atoms with Gasteiger partial charge in [0.1, 0.15) is 23.9 Å². The number of alkyl halides is 1. The largest absolute Gasteiger partial charge is 0.494 e. The van der Waals surface area contributed by atoms with Crippen LogP contribution in [0.4, 0.5) is 8.78 Å². The van der Waals surface area contributed by atoms with Gasteiger partial charge in [0, 0.05) is 11.1 Å². The number of aliphatic hydroxyl groups is 1. The highest BCUT2D eigenvalue weighted by atomic mass is 35.5. The smallest absolute Gasteiger partial charge is 0.251 e. The number of hydrogen-bond acceptors (Lipinski definition) is 6. The van der Waals surface area contributed by atoms with E-state index >= 15 is 0 Å². The van der Waals surface area contributed by atoms with Gasteiger partial charge in [-0.2, -0.15) is 0 Å². The monoisotopic (exact) mass is 492 g/mol. The van der Waals surface area contributed by atoms with Crippen LogP contribution in [0.5, 0.6) is 17.2 Å². The first-order valence-corrected chi connectivity index (χ1v) is 10.6. The summed E-state index contributed by atoms with van der Waals surface area (Å²) in [5.74, 6) is -0.0761. The Hall–Kier alpha value is -3.43. The molecule has 1 heterocycles. The third-order valence-corrected chi connectivity index (χ3v) is 5.12. The van der Waals surface area contributed by atoms with Gasteiger partial charge in [0.2, 0.25) is 0 Å². The molecule has 3 aromatic rings. The predicted octanol–water partition coefficient (Wildman–Crippen LogP) is 4.37. The fraction of sp³-hybridized carbons (Fsp3) is 0.250. The average molecular weight is 493 g/mol. The number of hydrogen-bond donors (Lipinski definition) is 2. The maximum atomic E-state index is 15.0. The number of pyridine rings is 1. The van der Waals surface area contributed by atoms with E-state index < -0.39 is 17.9 Å². The molecular weight excluding hydrogens is 470 g/mol. The van der Waals surface area contributed by atoms with E-state index in [4.69, 9.17) is 30.9 Å². The zero-order valence-corrected chi connectivity index (χ0v) is 19.2. The summed E-state index contributed by atoms with van der Waals surface area (Å²) in [5, 5.41) is 11.3. The van der Waals surface area contributed by atoms with Crippen LogP contribution in [0, 0.1) is 5.82 Å². The fourth-order valence-electron chi connectivity index (χ4n) is 3.12. The van der Waals surface area contributed by atoms with Crippen LogP contribution >= 0.6 is 11.6 Å². The topological polar surface area (TPSA) is 89.9 Å². The van der Waals surface area contributed by atoms with Crippen molar-refractivity contribution >= 4 is 17.5 Å². The van der Waals surface area contributed by atoms with Gasteiger partial charge in [-0.25, -0.2) is 13.8 Å². The second-order valence-electron chi connectivity index (χ2n) is 7.03. The number of nitrogens with zero attached hydrogens (tertiary/aromatic N) is 1. The Balaban J connectivity index is 1.74. The molecule has 0 radical (unpaired) electrons. The summed E-state index contributed by atoms with van der Waals surface area (Å²) in [7, 11) is 2.86. The summed E-state index contributed by atoms with van der Waals surface area (Å²) in [5.41, 5.74) is 1.04. The van der Waals surface area contributed by atoms with Crippen LogP contribution in [-0.4, -0.2) is 50.0 Å². The second-order valence-corrected chi connectivity index (χ2v) is 7.44. The molecule has 0 aliphatic carbocycles. The lowest BCUT2D eigenvalue weighted by molar-refractivity contribution is 0.0941. The number of aliphatic hydroxyl groups excluding tert-OH is 1. The Labute approximate surface area is 200 Å². The molecular formula is C24H23ClF2N2O5. The minimum absolute atomic E-state index is 0.0573. The van der Waals surface area contributed by atoms with E-state index in [-0.39, 0.29) is 36.0 Å². The first-order chi connectivity index (χ1) is 16.4. The quantitative estimate of drug-likeness (QED) is 0.437. The van der Waals surface area contributed by atoms with E-state index in [1.165, 1.54) is 56.7 Å². The van der Waals surface area contributed by atoms with E-state index in [2.05, 4.69) is 10.3 Å². The molecule has 1 aromatic heterocycles. The molecule has 0 aliphatic rings. The molecule has 0 spiro atoms. The van der Waals surface area contributed by atoms with Gasteiger partial charge in [0.15, 0.2) is 17.7 Å². The molecule has 1 amide bonds. The summed E-state index contributed by atoms with van der Waals surface area (Å²) < 4.78 is 44.3. The number of rotatable bonds is 10. The van der Waals surface area contributed by atoms with Crippen LogP contribution in [-0.2, 0) is 0 Å². The maximum absolute atomic E-state index is 15.0. The van der Waals surface area contributed by atoms with Crippen molar-refractivity contribution in [2.24, 2.45) is 0 Å². The molecule has 1 atom stereocenters. The molecule has 7 nitrogen and oxygen atoms in total. The molecule has 2 N–H and O–H groups in total. The number of aromatic nitrogens is 1. The Kier molecular flexibility index (Phi) is 8.61. The minimum Gasteiger partial charge on any atom is -0.494 e. The SMILES string of the molecule is COc1cc(C(=O)NCC(F)c2ccc(OC)c(-c3ccc(F)c(Cl)c3)n2)ccc1OCCO. The van der Waals surface area contributed by atoms with Crippen molar-refractivity contribution in [2.45, 2.75) is 6.17 Å². The highest BCUT2D eigenvalue weighted by molar-refractivity contribution is 6.31. The first kappa shape index (κ1) is 25.2. The van der Waals surface area contributed by atoms with E-state index in [1.807, 2.05) is 0 Å². The van der Waals surface area contributed by atoms with Gasteiger partial charge < -0.3 is 24.6 Å². The van der Waals surface area contributed by atoms with Crippen molar-refractivity contribution in [2.75, 3.05) is 34.0 Å². The highest BCUT2D eigenvalue weighted by Crippen LogP contribution is 2.32. The lowest BCUT2D eigenvalue weighted by atomic mass is 10.1. The van der Waals surface area contributed by atoms with E-state index in [1.54, 1.807) is 6.07 Å². The number of benzene rings is 2. The predicted molar refractivity (Wildman–Crippen MR) is 123 cm³/mol. The Bertz CT molecular complexity index is 1160. The molecule has 34 heavy (non-hydrogen) atoms. The number of methoxy groups -OCH3 is 2. The number of nitrogens with one attached hydrogen (secondary N) is 1.